The lowest BCUT2D eigenvalue weighted by Gasteiger charge is -2.14. The van der Waals surface area contributed by atoms with Crippen molar-refractivity contribution in [2.75, 3.05) is 5.32 Å². The minimum atomic E-state index is -0.751. The van der Waals surface area contributed by atoms with E-state index in [4.69, 9.17) is 4.98 Å². The van der Waals surface area contributed by atoms with Gasteiger partial charge in [-0.3, -0.25) is 14.6 Å². The number of anilines is 1. The number of nitrogens with one attached hydrogen (secondary N) is 3. The fourth-order valence-corrected chi connectivity index (χ4v) is 4.76. The van der Waals surface area contributed by atoms with Gasteiger partial charge in [0.15, 0.2) is 17.3 Å². The number of nitrogens with zero attached hydrogens (tertiary/aromatic N) is 7. The molecule has 0 saturated carbocycles. The first-order chi connectivity index (χ1) is 19.6. The zero-order valence-electron chi connectivity index (χ0n) is 21.4. The first-order valence-corrected chi connectivity index (χ1v) is 12.7. The van der Waals surface area contributed by atoms with Crippen LogP contribution in [0.25, 0.3) is 50.5 Å². The number of hydrogen-bond donors (Lipinski definition) is 4. The summed E-state index contributed by atoms with van der Waals surface area (Å²) in [4.78, 5) is 26.0. The standard InChI is InChI=1S/C29H24N10O/c1-17-15-39(16-33-17)29-26-23(7-8-31-29)35-28(36-26)25-22-11-20(13-32-27(22)38-37-25)19-10-21(14-30-12-19)34-24(40)9-18-5-3-2-4-6-18/h2-8,10-16,24,34,40H,9H2,1H3,(H,35,36)(H,32,37,38). The fraction of sp³-hybridized carbons (Fsp3) is 0.103. The second-order valence-electron chi connectivity index (χ2n) is 9.54. The van der Waals surface area contributed by atoms with Gasteiger partial charge in [-0.1, -0.05) is 30.3 Å². The summed E-state index contributed by atoms with van der Waals surface area (Å²) in [6.45, 7) is 1.93. The van der Waals surface area contributed by atoms with Crippen LogP contribution in [0.5, 0.6) is 0 Å². The molecule has 0 spiro atoms. The Bertz CT molecular complexity index is 1960. The summed E-state index contributed by atoms with van der Waals surface area (Å²) in [7, 11) is 0. The Morgan fingerprint density at radius 2 is 1.88 bits per heavy atom. The lowest BCUT2D eigenvalue weighted by atomic mass is 10.1. The van der Waals surface area contributed by atoms with Crippen molar-refractivity contribution in [3.8, 4) is 28.5 Å². The summed E-state index contributed by atoms with van der Waals surface area (Å²) >= 11 is 0. The second kappa shape index (κ2) is 9.71. The van der Waals surface area contributed by atoms with Gasteiger partial charge in [0, 0.05) is 42.3 Å². The Labute approximate surface area is 228 Å². The van der Waals surface area contributed by atoms with Crippen molar-refractivity contribution in [2.45, 2.75) is 19.6 Å². The van der Waals surface area contributed by atoms with Gasteiger partial charge in [0.25, 0.3) is 0 Å². The lowest BCUT2D eigenvalue weighted by molar-refractivity contribution is 0.204. The number of hydrogen-bond acceptors (Lipinski definition) is 8. The maximum atomic E-state index is 10.6. The van der Waals surface area contributed by atoms with Crippen molar-refractivity contribution in [2.24, 2.45) is 0 Å². The molecule has 6 heterocycles. The van der Waals surface area contributed by atoms with E-state index in [1.165, 1.54) is 0 Å². The number of aromatic amines is 2. The largest absolute Gasteiger partial charge is 0.373 e. The Morgan fingerprint density at radius 1 is 1.00 bits per heavy atom. The highest BCUT2D eigenvalue weighted by Crippen LogP contribution is 2.30. The van der Waals surface area contributed by atoms with Gasteiger partial charge in [0.2, 0.25) is 0 Å². The SMILES string of the molecule is Cc1cn(-c2nccc3[nH]c(-c4[nH]nc5ncc(-c6cncc(NC(O)Cc7ccccc7)c6)cc45)nc23)cn1. The normalized spacial score (nSPS) is 12.2. The van der Waals surface area contributed by atoms with E-state index in [0.29, 0.717) is 35.1 Å². The molecule has 0 amide bonds. The molecule has 0 bridgehead atoms. The average Bonchev–Trinajstić information content (AvgIpc) is 3.71. The van der Waals surface area contributed by atoms with E-state index < -0.39 is 6.23 Å². The highest BCUT2D eigenvalue weighted by Gasteiger charge is 2.17. The topological polar surface area (TPSA) is 146 Å². The third kappa shape index (κ3) is 4.44. The van der Waals surface area contributed by atoms with E-state index >= 15 is 0 Å². The van der Waals surface area contributed by atoms with Gasteiger partial charge in [0.1, 0.15) is 23.8 Å². The quantitative estimate of drug-likeness (QED) is 0.222. The first kappa shape index (κ1) is 23.7. The number of aromatic nitrogens is 9. The van der Waals surface area contributed by atoms with Crippen LogP contribution in [-0.4, -0.2) is 56.0 Å². The molecule has 0 aliphatic rings. The van der Waals surface area contributed by atoms with E-state index in [-0.39, 0.29) is 0 Å². The van der Waals surface area contributed by atoms with E-state index in [0.717, 1.165) is 38.8 Å². The first-order valence-electron chi connectivity index (χ1n) is 12.7. The predicted molar refractivity (Wildman–Crippen MR) is 152 cm³/mol. The molecule has 0 radical (unpaired) electrons. The number of benzene rings is 1. The van der Waals surface area contributed by atoms with Crippen LogP contribution in [0.15, 0.2) is 85.8 Å². The summed E-state index contributed by atoms with van der Waals surface area (Å²) in [6.07, 6.45) is 10.3. The molecule has 0 aliphatic heterocycles. The van der Waals surface area contributed by atoms with Gasteiger partial charge >= 0.3 is 0 Å². The molecule has 0 saturated heterocycles. The molecule has 1 unspecified atom stereocenters. The predicted octanol–water partition coefficient (Wildman–Crippen LogP) is 4.43. The minimum absolute atomic E-state index is 0.478. The van der Waals surface area contributed by atoms with Crippen molar-refractivity contribution in [3.05, 3.63) is 97.1 Å². The number of H-pyrrole nitrogens is 2. The number of aliphatic hydroxyl groups excluding tert-OH is 1. The van der Waals surface area contributed by atoms with Gasteiger partial charge < -0.3 is 15.4 Å². The molecule has 1 aromatic carbocycles. The smallest absolute Gasteiger partial charge is 0.181 e. The number of aliphatic hydroxyl groups is 1. The van der Waals surface area contributed by atoms with E-state index in [1.807, 2.05) is 66.2 Å². The number of imidazole rings is 2. The van der Waals surface area contributed by atoms with Crippen molar-refractivity contribution in [3.63, 3.8) is 0 Å². The van der Waals surface area contributed by atoms with Crippen LogP contribution in [0.4, 0.5) is 5.69 Å². The van der Waals surface area contributed by atoms with Gasteiger partial charge in [-0.25, -0.2) is 19.9 Å². The molecule has 11 heteroatoms. The molecule has 0 fully saturated rings. The molecule has 6 aromatic heterocycles. The van der Waals surface area contributed by atoms with Crippen molar-refractivity contribution in [1.29, 1.82) is 0 Å². The van der Waals surface area contributed by atoms with Crippen molar-refractivity contribution in [1.82, 2.24) is 44.7 Å². The third-order valence-corrected chi connectivity index (χ3v) is 6.66. The average molecular weight is 529 g/mol. The number of fused-ring (bicyclic) bond motifs is 2. The Hall–Kier alpha value is -5.42. The number of pyridine rings is 3. The highest BCUT2D eigenvalue weighted by atomic mass is 16.3. The fourth-order valence-electron chi connectivity index (χ4n) is 4.76. The van der Waals surface area contributed by atoms with Gasteiger partial charge in [-0.05, 0) is 30.7 Å². The zero-order chi connectivity index (χ0) is 27.1. The monoisotopic (exact) mass is 528 g/mol. The van der Waals surface area contributed by atoms with Crippen molar-refractivity contribution < 1.29 is 5.11 Å². The van der Waals surface area contributed by atoms with Gasteiger partial charge in [-0.2, -0.15) is 5.10 Å². The molecule has 11 nitrogen and oxygen atoms in total. The Morgan fingerprint density at radius 3 is 2.73 bits per heavy atom. The van der Waals surface area contributed by atoms with Gasteiger partial charge in [-0.15, -0.1) is 0 Å². The highest BCUT2D eigenvalue weighted by molar-refractivity contribution is 5.94. The molecular weight excluding hydrogens is 504 g/mol. The molecule has 7 aromatic rings. The van der Waals surface area contributed by atoms with E-state index in [9.17, 15) is 5.11 Å². The van der Waals surface area contributed by atoms with E-state index in [2.05, 4.69) is 40.4 Å². The minimum Gasteiger partial charge on any atom is -0.373 e. The summed E-state index contributed by atoms with van der Waals surface area (Å²) in [6, 6.07) is 15.7. The molecule has 1 atom stereocenters. The molecule has 196 valence electrons. The summed E-state index contributed by atoms with van der Waals surface area (Å²) < 4.78 is 1.86. The number of aryl methyl sites for hydroxylation is 1. The maximum absolute atomic E-state index is 10.6. The van der Waals surface area contributed by atoms with Crippen molar-refractivity contribution >= 4 is 27.8 Å². The van der Waals surface area contributed by atoms with Crippen LogP contribution < -0.4 is 5.32 Å². The summed E-state index contributed by atoms with van der Waals surface area (Å²) in [5, 5.41) is 22.0. The Balaban J connectivity index is 1.21. The maximum Gasteiger partial charge on any atom is 0.181 e. The second-order valence-corrected chi connectivity index (χ2v) is 9.54. The third-order valence-electron chi connectivity index (χ3n) is 6.66. The van der Waals surface area contributed by atoms with Crippen LogP contribution in [0, 0.1) is 6.92 Å². The van der Waals surface area contributed by atoms with Gasteiger partial charge in [0.05, 0.1) is 28.5 Å². The Kier molecular flexibility index (Phi) is 5.75. The van der Waals surface area contributed by atoms with E-state index in [1.54, 1.807) is 31.1 Å². The molecule has 4 N–H and O–H groups in total. The molecule has 40 heavy (non-hydrogen) atoms. The van der Waals surface area contributed by atoms with Crippen LogP contribution >= 0.6 is 0 Å². The van der Waals surface area contributed by atoms with Crippen LogP contribution in [-0.2, 0) is 6.42 Å². The molecule has 7 rings (SSSR count). The lowest BCUT2D eigenvalue weighted by Crippen LogP contribution is -2.21. The zero-order valence-corrected chi connectivity index (χ0v) is 21.4. The van der Waals surface area contributed by atoms with Crippen LogP contribution in [0.1, 0.15) is 11.3 Å². The summed E-state index contributed by atoms with van der Waals surface area (Å²) in [5.74, 6) is 1.31. The van der Waals surface area contributed by atoms with Crippen LogP contribution in [0.3, 0.4) is 0 Å². The summed E-state index contributed by atoms with van der Waals surface area (Å²) in [5.41, 5.74) is 7.21. The number of rotatable bonds is 7. The van der Waals surface area contributed by atoms with Crippen LogP contribution in [0.2, 0.25) is 0 Å². The molecule has 0 aliphatic carbocycles. The molecular formula is C29H24N10O.